The standard InChI is InChI=1S/C27H34N4O2/c1-5-6-7-8-11-18-33-26(32)24-19(2)28-27-29-22-12-9-10-13-23(22)31(27)25(24)20-14-16-21(17-15-20)30(3)4/h9-10,12-17,25H,5-8,11,18H2,1-4H3,(H,28,29)/t25-/m1/s1. The molecule has 0 amide bonds. The monoisotopic (exact) mass is 446 g/mol. The van der Waals surface area contributed by atoms with Crippen LogP contribution in [0.15, 0.2) is 59.8 Å². The third kappa shape index (κ3) is 4.75. The Morgan fingerprint density at radius 3 is 2.52 bits per heavy atom. The highest BCUT2D eigenvalue weighted by atomic mass is 16.5. The van der Waals surface area contributed by atoms with Crippen LogP contribution in [0.25, 0.3) is 11.0 Å². The summed E-state index contributed by atoms with van der Waals surface area (Å²) in [6, 6.07) is 16.1. The van der Waals surface area contributed by atoms with E-state index in [1.54, 1.807) is 0 Å². The van der Waals surface area contributed by atoms with E-state index in [9.17, 15) is 4.79 Å². The molecule has 2 aromatic carbocycles. The summed E-state index contributed by atoms with van der Waals surface area (Å²) in [5, 5.41) is 3.35. The number of carbonyl (C=O) groups excluding carboxylic acids is 1. The number of para-hydroxylation sites is 2. The van der Waals surface area contributed by atoms with Gasteiger partial charge in [-0.2, -0.15) is 0 Å². The number of fused-ring (bicyclic) bond motifs is 3. The van der Waals surface area contributed by atoms with Crippen LogP contribution in [-0.4, -0.2) is 36.2 Å². The van der Waals surface area contributed by atoms with Gasteiger partial charge in [0.25, 0.3) is 0 Å². The molecule has 1 aliphatic heterocycles. The number of rotatable bonds is 9. The molecule has 1 atom stereocenters. The summed E-state index contributed by atoms with van der Waals surface area (Å²) < 4.78 is 7.89. The molecule has 6 heteroatoms. The fraction of sp³-hybridized carbons (Fsp3) is 0.407. The number of carbonyl (C=O) groups is 1. The normalized spacial score (nSPS) is 15.3. The molecule has 33 heavy (non-hydrogen) atoms. The van der Waals surface area contributed by atoms with Gasteiger partial charge in [-0.05, 0) is 43.2 Å². The van der Waals surface area contributed by atoms with E-state index in [0.717, 1.165) is 46.8 Å². The second-order valence-electron chi connectivity index (χ2n) is 8.90. The maximum absolute atomic E-state index is 13.4. The SMILES string of the molecule is CCCCCCCOC(=O)C1=C(C)Nc2nc3ccccc3n2[C@@H]1c1ccc(N(C)C)cc1. The Balaban J connectivity index is 1.68. The molecular formula is C27H34N4O2. The smallest absolute Gasteiger partial charge is 0.338 e. The number of esters is 1. The highest BCUT2D eigenvalue weighted by Gasteiger charge is 2.34. The second kappa shape index (κ2) is 10.1. The maximum Gasteiger partial charge on any atom is 0.338 e. The van der Waals surface area contributed by atoms with E-state index in [0.29, 0.717) is 12.2 Å². The van der Waals surface area contributed by atoms with Crippen molar-refractivity contribution in [1.82, 2.24) is 9.55 Å². The zero-order chi connectivity index (χ0) is 23.4. The summed E-state index contributed by atoms with van der Waals surface area (Å²) in [7, 11) is 4.04. The van der Waals surface area contributed by atoms with E-state index in [1.165, 1.54) is 19.3 Å². The van der Waals surface area contributed by atoms with Gasteiger partial charge < -0.3 is 15.0 Å². The lowest BCUT2D eigenvalue weighted by Gasteiger charge is -2.30. The Kier molecular flexibility index (Phi) is 7.02. The predicted octanol–water partition coefficient (Wildman–Crippen LogP) is 5.90. The number of aromatic nitrogens is 2. The second-order valence-corrected chi connectivity index (χ2v) is 8.90. The minimum Gasteiger partial charge on any atom is -0.462 e. The van der Waals surface area contributed by atoms with Crippen LogP contribution in [-0.2, 0) is 9.53 Å². The van der Waals surface area contributed by atoms with E-state index in [1.807, 2.05) is 45.3 Å². The first-order valence-corrected chi connectivity index (χ1v) is 11.9. The number of benzene rings is 2. The van der Waals surface area contributed by atoms with Crippen LogP contribution >= 0.6 is 0 Å². The highest BCUT2D eigenvalue weighted by molar-refractivity contribution is 5.94. The summed E-state index contributed by atoms with van der Waals surface area (Å²) >= 11 is 0. The van der Waals surface area contributed by atoms with Gasteiger partial charge in [-0.1, -0.05) is 56.9 Å². The molecule has 0 radical (unpaired) electrons. The lowest BCUT2D eigenvalue weighted by Crippen LogP contribution is -2.29. The van der Waals surface area contributed by atoms with Crippen LogP contribution in [0.4, 0.5) is 11.6 Å². The lowest BCUT2D eigenvalue weighted by molar-refractivity contribution is -0.139. The summed E-state index contributed by atoms with van der Waals surface area (Å²) in [5.41, 5.74) is 5.45. The summed E-state index contributed by atoms with van der Waals surface area (Å²) in [6.45, 7) is 4.58. The van der Waals surface area contributed by atoms with Gasteiger partial charge in [-0.25, -0.2) is 9.78 Å². The van der Waals surface area contributed by atoms with Gasteiger partial charge in [-0.15, -0.1) is 0 Å². The molecule has 3 aromatic rings. The molecule has 0 fully saturated rings. The first kappa shape index (κ1) is 22.9. The van der Waals surface area contributed by atoms with Crippen molar-refractivity contribution in [2.45, 2.75) is 52.0 Å². The Morgan fingerprint density at radius 2 is 1.79 bits per heavy atom. The number of nitrogens with zero attached hydrogens (tertiary/aromatic N) is 3. The average molecular weight is 447 g/mol. The minimum atomic E-state index is -0.308. The number of allylic oxidation sites excluding steroid dienone is 1. The molecule has 174 valence electrons. The van der Waals surface area contributed by atoms with Crippen molar-refractivity contribution in [2.75, 3.05) is 30.9 Å². The van der Waals surface area contributed by atoms with E-state index in [2.05, 4.69) is 46.0 Å². The Bertz CT molecular complexity index is 1140. The van der Waals surface area contributed by atoms with Gasteiger partial charge in [0.1, 0.15) is 0 Å². The Hall–Kier alpha value is -3.28. The van der Waals surface area contributed by atoms with Crippen LogP contribution in [0.2, 0.25) is 0 Å². The molecule has 0 unspecified atom stereocenters. The van der Waals surface area contributed by atoms with E-state index >= 15 is 0 Å². The van der Waals surface area contributed by atoms with Gasteiger partial charge in [0.2, 0.25) is 5.95 Å². The molecule has 0 bridgehead atoms. The number of unbranched alkanes of at least 4 members (excludes halogenated alkanes) is 4. The summed E-state index contributed by atoms with van der Waals surface area (Å²) in [6.07, 6.45) is 5.59. The molecule has 4 rings (SSSR count). The maximum atomic E-state index is 13.4. The van der Waals surface area contributed by atoms with Crippen molar-refractivity contribution in [1.29, 1.82) is 0 Å². The van der Waals surface area contributed by atoms with Crippen LogP contribution in [0.5, 0.6) is 0 Å². The summed E-state index contributed by atoms with van der Waals surface area (Å²) in [5.74, 6) is 0.479. The van der Waals surface area contributed by atoms with Crippen LogP contribution in [0.3, 0.4) is 0 Å². The van der Waals surface area contributed by atoms with Crippen molar-refractivity contribution >= 4 is 28.6 Å². The van der Waals surface area contributed by atoms with Crippen molar-refractivity contribution in [3.05, 3.63) is 65.4 Å². The van der Waals surface area contributed by atoms with E-state index in [-0.39, 0.29) is 12.0 Å². The van der Waals surface area contributed by atoms with E-state index < -0.39 is 0 Å². The summed E-state index contributed by atoms with van der Waals surface area (Å²) in [4.78, 5) is 20.2. The topological polar surface area (TPSA) is 59.4 Å². The zero-order valence-electron chi connectivity index (χ0n) is 20.1. The molecular weight excluding hydrogens is 412 g/mol. The Labute approximate surface area is 196 Å². The fourth-order valence-electron chi connectivity index (χ4n) is 4.45. The number of hydrogen-bond acceptors (Lipinski definition) is 5. The largest absolute Gasteiger partial charge is 0.462 e. The van der Waals surface area contributed by atoms with Crippen molar-refractivity contribution in [3.63, 3.8) is 0 Å². The lowest BCUT2D eigenvalue weighted by atomic mass is 9.94. The highest BCUT2D eigenvalue weighted by Crippen LogP contribution is 2.39. The molecule has 6 nitrogen and oxygen atoms in total. The first-order chi connectivity index (χ1) is 16.0. The first-order valence-electron chi connectivity index (χ1n) is 11.9. The Morgan fingerprint density at radius 1 is 1.06 bits per heavy atom. The molecule has 0 aliphatic carbocycles. The molecule has 0 saturated heterocycles. The number of nitrogens with one attached hydrogen (secondary N) is 1. The van der Waals surface area contributed by atoms with Crippen molar-refractivity contribution < 1.29 is 9.53 Å². The van der Waals surface area contributed by atoms with Crippen molar-refractivity contribution in [2.24, 2.45) is 0 Å². The van der Waals surface area contributed by atoms with Crippen LogP contribution in [0.1, 0.15) is 57.6 Å². The number of anilines is 2. The predicted molar refractivity (Wildman–Crippen MR) is 135 cm³/mol. The number of hydrogen-bond donors (Lipinski definition) is 1. The van der Waals surface area contributed by atoms with Crippen LogP contribution in [0, 0.1) is 0 Å². The van der Waals surface area contributed by atoms with Gasteiger partial charge in [-0.3, -0.25) is 4.57 Å². The number of ether oxygens (including phenoxy) is 1. The molecule has 0 spiro atoms. The quantitative estimate of drug-likeness (QED) is 0.327. The molecule has 1 aromatic heterocycles. The minimum absolute atomic E-state index is 0.263. The molecule has 1 aliphatic rings. The third-order valence-corrected chi connectivity index (χ3v) is 6.26. The van der Waals surface area contributed by atoms with Gasteiger partial charge in [0.05, 0.1) is 29.3 Å². The third-order valence-electron chi connectivity index (χ3n) is 6.26. The average Bonchev–Trinajstić information content (AvgIpc) is 3.18. The van der Waals surface area contributed by atoms with E-state index in [4.69, 9.17) is 9.72 Å². The zero-order valence-corrected chi connectivity index (χ0v) is 20.1. The van der Waals surface area contributed by atoms with Gasteiger partial charge in [0, 0.05) is 25.5 Å². The van der Waals surface area contributed by atoms with Gasteiger partial charge in [0.15, 0.2) is 0 Å². The van der Waals surface area contributed by atoms with Crippen molar-refractivity contribution in [3.8, 4) is 0 Å². The molecule has 1 N–H and O–H groups in total. The number of imidazole rings is 1. The van der Waals surface area contributed by atoms with Crippen LogP contribution < -0.4 is 10.2 Å². The fourth-order valence-corrected chi connectivity index (χ4v) is 4.45. The molecule has 2 heterocycles. The molecule has 0 saturated carbocycles. The van der Waals surface area contributed by atoms with Gasteiger partial charge >= 0.3 is 5.97 Å².